The maximum atomic E-state index is 12.9. The van der Waals surface area contributed by atoms with Gasteiger partial charge in [-0.05, 0) is 43.2 Å². The van der Waals surface area contributed by atoms with Crippen LogP contribution in [0.25, 0.3) is 0 Å². The van der Waals surface area contributed by atoms with Crippen LogP contribution in [-0.4, -0.2) is 34.6 Å². The zero-order chi connectivity index (χ0) is 20.9. The van der Waals surface area contributed by atoms with Gasteiger partial charge in [-0.1, -0.05) is 31.4 Å². The quantitative estimate of drug-likeness (QED) is 0.717. The van der Waals surface area contributed by atoms with Crippen LogP contribution in [0, 0.1) is 0 Å². The molecular weight excluding hydrogens is 392 g/mol. The number of para-hydroxylation sites is 2. The van der Waals surface area contributed by atoms with Gasteiger partial charge in [-0.3, -0.25) is 9.52 Å². The molecule has 0 heterocycles. The number of benzene rings is 2. The van der Waals surface area contributed by atoms with E-state index in [2.05, 4.69) is 10.0 Å². The molecule has 156 valence electrons. The Balaban J connectivity index is 1.87. The van der Waals surface area contributed by atoms with Crippen LogP contribution in [0.3, 0.4) is 0 Å². The van der Waals surface area contributed by atoms with Gasteiger partial charge in [-0.25, -0.2) is 8.42 Å². The molecule has 1 aliphatic rings. The van der Waals surface area contributed by atoms with E-state index in [4.69, 9.17) is 9.47 Å². The first-order chi connectivity index (χ1) is 13.9. The van der Waals surface area contributed by atoms with Crippen LogP contribution in [0.15, 0.2) is 47.4 Å². The van der Waals surface area contributed by atoms with Crippen molar-refractivity contribution < 1.29 is 22.7 Å². The molecule has 29 heavy (non-hydrogen) atoms. The predicted octanol–water partition coefficient (Wildman–Crippen LogP) is 3.57. The molecule has 0 bridgehead atoms. The van der Waals surface area contributed by atoms with Gasteiger partial charge in [0.05, 0.1) is 30.4 Å². The number of anilines is 1. The summed E-state index contributed by atoms with van der Waals surface area (Å²) in [5, 5.41) is 3.00. The number of nitrogens with one attached hydrogen (secondary N) is 2. The minimum absolute atomic E-state index is 0.0296. The van der Waals surface area contributed by atoms with E-state index in [0.29, 0.717) is 17.2 Å². The lowest BCUT2D eigenvalue weighted by atomic mass is 9.95. The van der Waals surface area contributed by atoms with Gasteiger partial charge in [-0.15, -0.1) is 0 Å². The molecule has 0 saturated heterocycles. The Hall–Kier alpha value is -2.74. The molecule has 0 aromatic heterocycles. The van der Waals surface area contributed by atoms with Gasteiger partial charge in [0.15, 0.2) is 0 Å². The lowest BCUT2D eigenvalue weighted by molar-refractivity contribution is 0.0924. The number of carbonyl (C=O) groups is 1. The highest BCUT2D eigenvalue weighted by Gasteiger charge is 2.23. The molecule has 0 unspecified atom stereocenters. The van der Waals surface area contributed by atoms with E-state index in [0.717, 1.165) is 25.7 Å². The minimum Gasteiger partial charge on any atom is -0.496 e. The number of hydrogen-bond donors (Lipinski definition) is 2. The molecule has 1 aliphatic carbocycles. The number of sulfonamides is 1. The number of methoxy groups -OCH3 is 2. The molecule has 2 aromatic rings. The number of carbonyl (C=O) groups excluding carboxylic acids is 1. The molecule has 0 aliphatic heterocycles. The second-order valence-corrected chi connectivity index (χ2v) is 8.66. The van der Waals surface area contributed by atoms with Gasteiger partial charge in [0, 0.05) is 6.04 Å². The average molecular weight is 419 g/mol. The Morgan fingerprint density at radius 2 is 1.66 bits per heavy atom. The zero-order valence-corrected chi connectivity index (χ0v) is 17.4. The van der Waals surface area contributed by atoms with Crippen LogP contribution in [0.1, 0.15) is 42.5 Å². The molecule has 1 saturated carbocycles. The lowest BCUT2D eigenvalue weighted by Crippen LogP contribution is -2.36. The van der Waals surface area contributed by atoms with Crippen LogP contribution in [0.2, 0.25) is 0 Å². The fourth-order valence-electron chi connectivity index (χ4n) is 3.47. The van der Waals surface area contributed by atoms with Crippen molar-refractivity contribution in [3.63, 3.8) is 0 Å². The average Bonchev–Trinajstić information content (AvgIpc) is 2.74. The molecular formula is C21H26N2O5S. The molecule has 1 amide bonds. The number of ether oxygens (including phenoxy) is 2. The fraction of sp³-hybridized carbons (Fsp3) is 0.381. The molecule has 3 rings (SSSR count). The summed E-state index contributed by atoms with van der Waals surface area (Å²) in [6.45, 7) is 0. The molecule has 0 spiro atoms. The number of hydrogen-bond acceptors (Lipinski definition) is 5. The van der Waals surface area contributed by atoms with Crippen LogP contribution in [0.5, 0.6) is 11.5 Å². The van der Waals surface area contributed by atoms with Crippen molar-refractivity contribution in [2.24, 2.45) is 0 Å². The first-order valence-corrected chi connectivity index (χ1v) is 11.1. The van der Waals surface area contributed by atoms with Gasteiger partial charge in [0.25, 0.3) is 15.9 Å². The Labute approximate surface area is 171 Å². The third-order valence-electron chi connectivity index (χ3n) is 5.02. The highest BCUT2D eigenvalue weighted by molar-refractivity contribution is 7.92. The molecule has 2 aromatic carbocycles. The largest absolute Gasteiger partial charge is 0.496 e. The summed E-state index contributed by atoms with van der Waals surface area (Å²) < 4.78 is 38.8. The van der Waals surface area contributed by atoms with Crippen LogP contribution in [0.4, 0.5) is 5.69 Å². The normalized spacial score (nSPS) is 14.8. The SMILES string of the molecule is COc1ccccc1NS(=O)(=O)c1ccc(OC)c(C(=O)NC2CCCCC2)c1. The molecule has 0 atom stereocenters. The lowest BCUT2D eigenvalue weighted by Gasteiger charge is -2.23. The number of amides is 1. The highest BCUT2D eigenvalue weighted by Crippen LogP contribution is 2.28. The Bertz CT molecular complexity index is 969. The summed E-state index contributed by atoms with van der Waals surface area (Å²) in [5.74, 6) is 0.400. The second-order valence-electron chi connectivity index (χ2n) is 6.98. The van der Waals surface area contributed by atoms with Gasteiger partial charge < -0.3 is 14.8 Å². The predicted molar refractivity (Wildman–Crippen MR) is 111 cm³/mol. The highest BCUT2D eigenvalue weighted by atomic mass is 32.2. The first kappa shape index (κ1) is 21.0. The number of rotatable bonds is 7. The van der Waals surface area contributed by atoms with Crippen molar-refractivity contribution in [3.8, 4) is 11.5 Å². The van der Waals surface area contributed by atoms with Crippen LogP contribution in [-0.2, 0) is 10.0 Å². The van der Waals surface area contributed by atoms with Gasteiger partial charge in [0.1, 0.15) is 11.5 Å². The molecule has 1 fully saturated rings. The maximum absolute atomic E-state index is 12.9. The van der Waals surface area contributed by atoms with Crippen molar-refractivity contribution in [3.05, 3.63) is 48.0 Å². The van der Waals surface area contributed by atoms with E-state index >= 15 is 0 Å². The summed E-state index contributed by atoms with van der Waals surface area (Å²) in [4.78, 5) is 12.8. The van der Waals surface area contributed by atoms with Crippen molar-refractivity contribution in [2.45, 2.75) is 43.0 Å². The summed E-state index contributed by atoms with van der Waals surface area (Å²) in [5.41, 5.74) is 0.514. The summed E-state index contributed by atoms with van der Waals surface area (Å²) in [6, 6.07) is 11.1. The van der Waals surface area contributed by atoms with Crippen molar-refractivity contribution in [2.75, 3.05) is 18.9 Å². The van der Waals surface area contributed by atoms with E-state index in [1.54, 1.807) is 24.3 Å². The third kappa shape index (κ3) is 5.00. The Morgan fingerprint density at radius 3 is 2.34 bits per heavy atom. The molecule has 2 N–H and O–H groups in total. The van der Waals surface area contributed by atoms with Crippen molar-refractivity contribution >= 4 is 21.6 Å². The van der Waals surface area contributed by atoms with Crippen molar-refractivity contribution in [1.82, 2.24) is 5.32 Å². The third-order valence-corrected chi connectivity index (χ3v) is 6.38. The van der Waals surface area contributed by atoms with E-state index in [1.807, 2.05) is 0 Å². The van der Waals surface area contributed by atoms with Gasteiger partial charge >= 0.3 is 0 Å². The van der Waals surface area contributed by atoms with E-state index in [1.165, 1.54) is 38.8 Å². The Morgan fingerprint density at radius 1 is 0.966 bits per heavy atom. The zero-order valence-electron chi connectivity index (χ0n) is 16.6. The van der Waals surface area contributed by atoms with Crippen molar-refractivity contribution in [1.29, 1.82) is 0 Å². The second kappa shape index (κ2) is 9.17. The molecule has 0 radical (unpaired) electrons. The molecule has 8 heteroatoms. The minimum atomic E-state index is -3.93. The standard InChI is InChI=1S/C21H26N2O5S/c1-27-19-13-12-16(14-17(19)21(24)22-15-8-4-3-5-9-15)29(25,26)23-18-10-6-7-11-20(18)28-2/h6-7,10-15,23H,3-5,8-9H2,1-2H3,(H,22,24). The Kier molecular flexibility index (Phi) is 6.64. The van der Waals surface area contributed by atoms with E-state index in [-0.39, 0.29) is 22.4 Å². The van der Waals surface area contributed by atoms with Gasteiger partial charge in [-0.2, -0.15) is 0 Å². The van der Waals surface area contributed by atoms with Crippen LogP contribution < -0.4 is 19.5 Å². The topological polar surface area (TPSA) is 93.7 Å². The fourth-order valence-corrected chi connectivity index (χ4v) is 4.57. The van der Waals surface area contributed by atoms with Gasteiger partial charge in [0.2, 0.25) is 0 Å². The maximum Gasteiger partial charge on any atom is 0.262 e. The first-order valence-electron chi connectivity index (χ1n) is 9.59. The van der Waals surface area contributed by atoms with E-state index < -0.39 is 10.0 Å². The summed E-state index contributed by atoms with van der Waals surface area (Å²) in [6.07, 6.45) is 5.21. The monoisotopic (exact) mass is 418 g/mol. The summed E-state index contributed by atoms with van der Waals surface area (Å²) >= 11 is 0. The van der Waals surface area contributed by atoms with Crippen LogP contribution >= 0.6 is 0 Å². The molecule has 7 nitrogen and oxygen atoms in total. The smallest absolute Gasteiger partial charge is 0.262 e. The van der Waals surface area contributed by atoms with E-state index in [9.17, 15) is 13.2 Å². The summed E-state index contributed by atoms with van der Waals surface area (Å²) in [7, 11) is -1.01.